The number of hydrogen-bond donors (Lipinski definition) is 3. The summed E-state index contributed by atoms with van der Waals surface area (Å²) < 4.78 is 5.10. The Bertz CT molecular complexity index is 573. The number of allylic oxidation sites excluding steroid dienone is 2. The van der Waals surface area contributed by atoms with Crippen LogP contribution < -0.4 is 0 Å². The van der Waals surface area contributed by atoms with Crippen molar-refractivity contribution in [3.8, 4) is 0 Å². The zero-order valence-electron chi connectivity index (χ0n) is 17.2. The Balaban J connectivity index is 3.10. The first-order valence-corrected chi connectivity index (χ1v) is 9.75. The van der Waals surface area contributed by atoms with Gasteiger partial charge in [-0.3, -0.25) is 4.79 Å². The van der Waals surface area contributed by atoms with E-state index in [1.54, 1.807) is 13.0 Å². The highest BCUT2D eigenvalue weighted by atomic mass is 16.5. The van der Waals surface area contributed by atoms with Gasteiger partial charge >= 0.3 is 5.97 Å². The molecular weight excluding hydrogens is 344 g/mol. The van der Waals surface area contributed by atoms with E-state index in [1.807, 2.05) is 13.8 Å². The predicted molar refractivity (Wildman–Crippen MR) is 107 cm³/mol. The average molecular weight is 381 g/mol. The second-order valence-electron chi connectivity index (χ2n) is 8.09. The third-order valence-electron chi connectivity index (χ3n) is 5.36. The number of carbonyl (C=O) groups is 1. The Labute approximate surface area is 163 Å². The van der Waals surface area contributed by atoms with Crippen molar-refractivity contribution in [1.29, 1.82) is 0 Å². The van der Waals surface area contributed by atoms with E-state index in [9.17, 15) is 20.1 Å². The number of ether oxygens (including phenoxy) is 1. The van der Waals surface area contributed by atoms with Gasteiger partial charge in [0.15, 0.2) is 0 Å². The molecule has 0 aromatic rings. The molecule has 1 rings (SSSR count). The summed E-state index contributed by atoms with van der Waals surface area (Å²) in [4.78, 5) is 11.2. The van der Waals surface area contributed by atoms with Crippen LogP contribution in [-0.2, 0) is 9.53 Å². The van der Waals surface area contributed by atoms with Crippen LogP contribution in [0.2, 0.25) is 0 Å². The highest BCUT2D eigenvalue weighted by Crippen LogP contribution is 2.28. The first-order chi connectivity index (χ1) is 12.5. The molecule has 0 saturated carbocycles. The summed E-state index contributed by atoms with van der Waals surface area (Å²) in [6.07, 6.45) is 5.69. The molecule has 4 atom stereocenters. The van der Waals surface area contributed by atoms with Crippen LogP contribution in [0.15, 0.2) is 35.5 Å². The zero-order chi connectivity index (χ0) is 20.6. The number of rotatable bonds is 3. The maximum atomic E-state index is 11.2. The van der Waals surface area contributed by atoms with Crippen LogP contribution in [0.5, 0.6) is 0 Å². The van der Waals surface area contributed by atoms with Crippen molar-refractivity contribution in [2.45, 2.75) is 84.0 Å². The number of esters is 1. The van der Waals surface area contributed by atoms with Gasteiger partial charge in [-0.05, 0) is 64.9 Å². The Morgan fingerprint density at radius 1 is 1.30 bits per heavy atom. The van der Waals surface area contributed by atoms with Crippen LogP contribution in [0.1, 0.15) is 66.2 Å². The molecule has 0 aromatic heterocycles. The normalized spacial score (nSPS) is 35.1. The maximum absolute atomic E-state index is 11.2. The lowest BCUT2D eigenvalue weighted by Gasteiger charge is -2.30. The summed E-state index contributed by atoms with van der Waals surface area (Å²) in [7, 11) is 0. The van der Waals surface area contributed by atoms with Crippen molar-refractivity contribution in [3.05, 3.63) is 35.5 Å². The molecule has 1 aliphatic rings. The van der Waals surface area contributed by atoms with Crippen LogP contribution in [0.25, 0.3) is 0 Å². The van der Waals surface area contributed by atoms with Gasteiger partial charge in [0.2, 0.25) is 0 Å². The number of hydrogen-bond acceptors (Lipinski definition) is 5. The highest BCUT2D eigenvalue weighted by molar-refractivity contribution is 5.66. The Morgan fingerprint density at radius 3 is 2.56 bits per heavy atom. The molecule has 0 bridgehead atoms. The molecule has 0 heterocycles. The molecule has 1 aliphatic carbocycles. The molecule has 0 fully saturated rings. The van der Waals surface area contributed by atoms with E-state index < -0.39 is 23.8 Å². The SMILES string of the molecule is C=C(C)[C@H]1CC/C(C)=C/CC[C@](C)(O)[C@H](O)CC/C(COC(C)=O)=C\[C@@H]1O. The van der Waals surface area contributed by atoms with E-state index >= 15 is 0 Å². The lowest BCUT2D eigenvalue weighted by atomic mass is 9.85. The molecule has 0 unspecified atom stereocenters. The second kappa shape index (κ2) is 10.8. The van der Waals surface area contributed by atoms with Gasteiger partial charge in [-0.2, -0.15) is 0 Å². The van der Waals surface area contributed by atoms with Crippen molar-refractivity contribution in [3.63, 3.8) is 0 Å². The summed E-state index contributed by atoms with van der Waals surface area (Å²) in [6, 6.07) is 0. The molecule has 5 nitrogen and oxygen atoms in total. The smallest absolute Gasteiger partial charge is 0.302 e. The van der Waals surface area contributed by atoms with Gasteiger partial charge in [0, 0.05) is 12.8 Å². The molecule has 0 amide bonds. The van der Waals surface area contributed by atoms with Crippen LogP contribution >= 0.6 is 0 Å². The first-order valence-electron chi connectivity index (χ1n) is 9.75. The van der Waals surface area contributed by atoms with Gasteiger partial charge in [0.1, 0.15) is 6.61 Å². The molecule has 0 aliphatic heterocycles. The van der Waals surface area contributed by atoms with E-state index in [0.29, 0.717) is 25.7 Å². The molecule has 0 saturated heterocycles. The quantitative estimate of drug-likeness (QED) is 0.516. The third-order valence-corrected chi connectivity index (χ3v) is 5.36. The fourth-order valence-electron chi connectivity index (χ4n) is 3.36. The molecule has 0 spiro atoms. The standard InChI is InChI=1S/C22H36O5/c1-15(2)19-10-8-16(3)7-6-12-22(5,26)21(25)11-9-18(13-20(19)24)14-27-17(4)23/h7,13,19-21,24-26H,1,6,8-12,14H2,2-5H3/b16-7+,18-13+/t19-,20+,21-,22+/m1/s1. The van der Waals surface area contributed by atoms with E-state index in [-0.39, 0.29) is 12.5 Å². The van der Waals surface area contributed by atoms with Crippen molar-refractivity contribution < 1.29 is 24.9 Å². The first kappa shape index (κ1) is 23.6. The largest absolute Gasteiger partial charge is 0.461 e. The zero-order valence-corrected chi connectivity index (χ0v) is 17.2. The minimum absolute atomic E-state index is 0.0725. The van der Waals surface area contributed by atoms with Crippen LogP contribution in [-0.4, -0.2) is 45.7 Å². The molecule has 0 radical (unpaired) electrons. The second-order valence-corrected chi connectivity index (χ2v) is 8.09. The van der Waals surface area contributed by atoms with E-state index in [2.05, 4.69) is 12.7 Å². The fraction of sp³-hybridized carbons (Fsp3) is 0.682. The maximum Gasteiger partial charge on any atom is 0.302 e. The minimum Gasteiger partial charge on any atom is -0.461 e. The van der Waals surface area contributed by atoms with Gasteiger partial charge < -0.3 is 20.1 Å². The van der Waals surface area contributed by atoms with Gasteiger partial charge in [-0.25, -0.2) is 0 Å². The summed E-state index contributed by atoms with van der Waals surface area (Å²) >= 11 is 0. The van der Waals surface area contributed by atoms with Crippen LogP contribution in [0.3, 0.4) is 0 Å². The Hall–Kier alpha value is -1.43. The van der Waals surface area contributed by atoms with E-state index in [1.165, 1.54) is 12.5 Å². The van der Waals surface area contributed by atoms with Crippen LogP contribution in [0.4, 0.5) is 0 Å². The number of aliphatic hydroxyl groups is 3. The summed E-state index contributed by atoms with van der Waals surface area (Å²) in [6.45, 7) is 11.0. The van der Waals surface area contributed by atoms with E-state index in [4.69, 9.17) is 4.74 Å². The summed E-state index contributed by atoms with van der Waals surface area (Å²) in [5.74, 6) is -0.480. The lowest BCUT2D eigenvalue weighted by Crippen LogP contribution is -2.39. The minimum atomic E-state index is -1.19. The fourth-order valence-corrected chi connectivity index (χ4v) is 3.36. The average Bonchev–Trinajstić information content (AvgIpc) is 2.55. The molecule has 27 heavy (non-hydrogen) atoms. The highest BCUT2D eigenvalue weighted by Gasteiger charge is 2.30. The summed E-state index contributed by atoms with van der Waals surface area (Å²) in [5, 5.41) is 31.7. The topological polar surface area (TPSA) is 87.0 Å². The van der Waals surface area contributed by atoms with Gasteiger partial charge in [0.05, 0.1) is 17.8 Å². The van der Waals surface area contributed by atoms with Gasteiger partial charge in [-0.15, -0.1) is 0 Å². The monoisotopic (exact) mass is 380 g/mol. The Morgan fingerprint density at radius 2 is 1.96 bits per heavy atom. The van der Waals surface area contributed by atoms with Crippen molar-refractivity contribution in [2.75, 3.05) is 6.61 Å². The molecule has 0 aromatic carbocycles. The van der Waals surface area contributed by atoms with Crippen molar-refractivity contribution in [2.24, 2.45) is 5.92 Å². The number of carbonyl (C=O) groups excluding carboxylic acids is 1. The van der Waals surface area contributed by atoms with Crippen LogP contribution in [0, 0.1) is 5.92 Å². The molecule has 154 valence electrons. The van der Waals surface area contributed by atoms with Crippen molar-refractivity contribution in [1.82, 2.24) is 0 Å². The molecular formula is C22H36O5. The molecule has 3 N–H and O–H groups in total. The van der Waals surface area contributed by atoms with Crippen molar-refractivity contribution >= 4 is 5.97 Å². The van der Waals surface area contributed by atoms with E-state index in [0.717, 1.165) is 24.0 Å². The number of aliphatic hydroxyl groups excluding tert-OH is 2. The predicted octanol–water partition coefficient (Wildman–Crippen LogP) is 3.44. The lowest BCUT2D eigenvalue weighted by molar-refractivity contribution is -0.140. The summed E-state index contributed by atoms with van der Waals surface area (Å²) in [5.41, 5.74) is 1.66. The molecule has 5 heteroatoms. The Kier molecular flexibility index (Phi) is 9.43. The van der Waals surface area contributed by atoms with Gasteiger partial charge in [-0.1, -0.05) is 29.9 Å². The van der Waals surface area contributed by atoms with Gasteiger partial charge in [0.25, 0.3) is 0 Å². The third kappa shape index (κ3) is 8.41.